The molecule has 0 bridgehead atoms. The molecule has 1 aromatic rings. The maximum atomic E-state index is 12.0. The average molecular weight is 288 g/mol. The first-order chi connectivity index (χ1) is 10.2. The van der Waals surface area contributed by atoms with Gasteiger partial charge in [0.2, 0.25) is 0 Å². The van der Waals surface area contributed by atoms with Crippen molar-refractivity contribution in [3.8, 4) is 0 Å². The largest absolute Gasteiger partial charge is 0.345 e. The first-order valence-electron chi connectivity index (χ1n) is 7.83. The van der Waals surface area contributed by atoms with Gasteiger partial charge in [0.15, 0.2) is 0 Å². The zero-order valence-corrected chi connectivity index (χ0v) is 12.6. The normalized spacial score (nSPS) is 17.6. The smallest absolute Gasteiger partial charge is 0.309 e. The van der Waals surface area contributed by atoms with Crippen LogP contribution in [-0.4, -0.2) is 17.9 Å². The second kappa shape index (κ2) is 7.81. The molecular weight excluding hydrogens is 264 g/mol. The first-order valence-corrected chi connectivity index (χ1v) is 7.83. The monoisotopic (exact) mass is 288 g/mol. The van der Waals surface area contributed by atoms with E-state index in [9.17, 15) is 9.59 Å². The van der Waals surface area contributed by atoms with Gasteiger partial charge in [0.05, 0.1) is 6.04 Å². The van der Waals surface area contributed by atoms with E-state index in [1.54, 1.807) is 0 Å². The molecule has 0 spiro atoms. The van der Waals surface area contributed by atoms with E-state index in [0.29, 0.717) is 0 Å². The maximum Gasteiger partial charge on any atom is 0.309 e. The van der Waals surface area contributed by atoms with Crippen LogP contribution >= 0.6 is 0 Å². The van der Waals surface area contributed by atoms with Crippen molar-refractivity contribution in [2.24, 2.45) is 0 Å². The molecular formula is C17H24N2O2. The summed E-state index contributed by atoms with van der Waals surface area (Å²) in [5.74, 6) is -1.06. The van der Waals surface area contributed by atoms with E-state index in [1.807, 2.05) is 37.3 Å². The van der Waals surface area contributed by atoms with Crippen LogP contribution in [0.25, 0.3) is 0 Å². The number of nitrogens with one attached hydrogen (secondary N) is 2. The lowest BCUT2D eigenvalue weighted by Gasteiger charge is -2.18. The van der Waals surface area contributed by atoms with Gasteiger partial charge < -0.3 is 10.6 Å². The molecule has 2 N–H and O–H groups in total. The third kappa shape index (κ3) is 4.88. The highest BCUT2D eigenvalue weighted by Gasteiger charge is 2.21. The number of benzene rings is 1. The van der Waals surface area contributed by atoms with E-state index >= 15 is 0 Å². The Balaban J connectivity index is 1.83. The quantitative estimate of drug-likeness (QED) is 0.663. The van der Waals surface area contributed by atoms with Gasteiger partial charge in [0.25, 0.3) is 0 Å². The van der Waals surface area contributed by atoms with Gasteiger partial charge in [-0.25, -0.2) is 0 Å². The molecule has 1 aliphatic carbocycles. The van der Waals surface area contributed by atoms with Crippen LogP contribution in [0.5, 0.6) is 0 Å². The van der Waals surface area contributed by atoms with Gasteiger partial charge in [-0.2, -0.15) is 0 Å². The fourth-order valence-corrected chi connectivity index (χ4v) is 2.76. The first kappa shape index (κ1) is 15.5. The van der Waals surface area contributed by atoms with Crippen molar-refractivity contribution in [1.29, 1.82) is 0 Å². The number of hydrogen-bond donors (Lipinski definition) is 2. The van der Waals surface area contributed by atoms with Crippen molar-refractivity contribution in [3.05, 3.63) is 35.9 Å². The predicted octanol–water partition coefficient (Wildman–Crippen LogP) is 2.70. The standard InChI is InChI=1S/C17H24N2O2/c1-13(14-9-5-4-6-10-14)18-16(20)17(21)19-15-11-7-2-3-8-12-15/h4-6,9-10,13,15H,2-3,7-8,11-12H2,1H3,(H,18,20)(H,19,21)/t13-/m0/s1. The highest BCUT2D eigenvalue weighted by molar-refractivity contribution is 6.35. The Morgan fingerprint density at radius 2 is 1.62 bits per heavy atom. The summed E-state index contributed by atoms with van der Waals surface area (Å²) in [5.41, 5.74) is 0.994. The van der Waals surface area contributed by atoms with Gasteiger partial charge in [-0.3, -0.25) is 9.59 Å². The SMILES string of the molecule is C[C@H](NC(=O)C(=O)NC1CCCCCC1)c1ccccc1. The molecule has 1 aliphatic rings. The third-order valence-electron chi connectivity index (χ3n) is 4.04. The fraction of sp³-hybridized carbons (Fsp3) is 0.529. The summed E-state index contributed by atoms with van der Waals surface area (Å²) in [6.45, 7) is 1.88. The minimum atomic E-state index is -0.546. The van der Waals surface area contributed by atoms with Crippen LogP contribution in [0.3, 0.4) is 0 Å². The summed E-state index contributed by atoms with van der Waals surface area (Å²) in [6.07, 6.45) is 6.67. The van der Waals surface area contributed by atoms with E-state index in [4.69, 9.17) is 0 Å². The minimum Gasteiger partial charge on any atom is -0.345 e. The fourth-order valence-electron chi connectivity index (χ4n) is 2.76. The zero-order valence-electron chi connectivity index (χ0n) is 12.6. The number of hydrogen-bond acceptors (Lipinski definition) is 2. The molecule has 1 fully saturated rings. The molecule has 0 radical (unpaired) electrons. The van der Waals surface area contributed by atoms with E-state index in [0.717, 1.165) is 31.2 Å². The lowest BCUT2D eigenvalue weighted by Crippen LogP contribution is -2.45. The van der Waals surface area contributed by atoms with Crippen LogP contribution in [0.2, 0.25) is 0 Å². The van der Waals surface area contributed by atoms with Gasteiger partial charge in [-0.1, -0.05) is 56.0 Å². The molecule has 0 aromatic heterocycles. The van der Waals surface area contributed by atoms with Crippen LogP contribution in [0.15, 0.2) is 30.3 Å². The zero-order chi connectivity index (χ0) is 15.1. The summed E-state index contributed by atoms with van der Waals surface area (Å²) in [5, 5.41) is 5.61. The molecule has 2 amide bonds. The third-order valence-corrected chi connectivity index (χ3v) is 4.04. The Morgan fingerprint density at radius 3 is 2.24 bits per heavy atom. The van der Waals surface area contributed by atoms with E-state index in [1.165, 1.54) is 12.8 Å². The van der Waals surface area contributed by atoms with Crippen LogP contribution in [-0.2, 0) is 9.59 Å². The summed E-state index contributed by atoms with van der Waals surface area (Å²) < 4.78 is 0. The minimum absolute atomic E-state index is 0.151. The van der Waals surface area contributed by atoms with Crippen molar-refractivity contribution >= 4 is 11.8 Å². The van der Waals surface area contributed by atoms with Gasteiger partial charge in [0, 0.05) is 6.04 Å². The van der Waals surface area contributed by atoms with Crippen LogP contribution in [0.1, 0.15) is 57.1 Å². The van der Waals surface area contributed by atoms with Crippen LogP contribution < -0.4 is 10.6 Å². The Morgan fingerprint density at radius 1 is 1.00 bits per heavy atom. The van der Waals surface area contributed by atoms with Crippen molar-refractivity contribution in [1.82, 2.24) is 10.6 Å². The second-order valence-corrected chi connectivity index (χ2v) is 5.77. The van der Waals surface area contributed by atoms with Crippen LogP contribution in [0, 0.1) is 0 Å². The molecule has 4 nitrogen and oxygen atoms in total. The molecule has 1 atom stereocenters. The average Bonchev–Trinajstić information content (AvgIpc) is 2.76. The topological polar surface area (TPSA) is 58.2 Å². The Bertz CT molecular complexity index is 465. The molecule has 0 unspecified atom stereocenters. The molecule has 1 saturated carbocycles. The molecule has 114 valence electrons. The predicted molar refractivity (Wildman–Crippen MR) is 82.6 cm³/mol. The highest BCUT2D eigenvalue weighted by atomic mass is 16.2. The molecule has 0 heterocycles. The maximum absolute atomic E-state index is 12.0. The Labute approximate surface area is 126 Å². The van der Waals surface area contributed by atoms with E-state index < -0.39 is 11.8 Å². The van der Waals surface area contributed by atoms with Crippen molar-refractivity contribution in [3.63, 3.8) is 0 Å². The number of amides is 2. The Kier molecular flexibility index (Phi) is 5.78. The Hall–Kier alpha value is -1.84. The summed E-state index contributed by atoms with van der Waals surface area (Å²) >= 11 is 0. The van der Waals surface area contributed by atoms with E-state index in [-0.39, 0.29) is 12.1 Å². The second-order valence-electron chi connectivity index (χ2n) is 5.77. The van der Waals surface area contributed by atoms with Crippen molar-refractivity contribution in [2.45, 2.75) is 57.5 Å². The lowest BCUT2D eigenvalue weighted by atomic mass is 10.1. The number of carbonyl (C=O) groups is 2. The van der Waals surface area contributed by atoms with Crippen molar-refractivity contribution in [2.75, 3.05) is 0 Å². The van der Waals surface area contributed by atoms with Crippen LogP contribution in [0.4, 0.5) is 0 Å². The number of carbonyl (C=O) groups excluding carboxylic acids is 2. The molecule has 0 saturated heterocycles. The summed E-state index contributed by atoms with van der Waals surface area (Å²) in [7, 11) is 0. The summed E-state index contributed by atoms with van der Waals surface area (Å²) in [6, 6.07) is 9.63. The van der Waals surface area contributed by atoms with Gasteiger partial charge in [0.1, 0.15) is 0 Å². The molecule has 1 aromatic carbocycles. The molecule has 2 rings (SSSR count). The van der Waals surface area contributed by atoms with E-state index in [2.05, 4.69) is 10.6 Å². The highest BCUT2D eigenvalue weighted by Crippen LogP contribution is 2.17. The van der Waals surface area contributed by atoms with Gasteiger partial charge >= 0.3 is 11.8 Å². The molecule has 4 heteroatoms. The molecule has 0 aliphatic heterocycles. The lowest BCUT2D eigenvalue weighted by molar-refractivity contribution is -0.140. The van der Waals surface area contributed by atoms with Gasteiger partial charge in [-0.05, 0) is 25.3 Å². The number of rotatable bonds is 3. The van der Waals surface area contributed by atoms with Crippen molar-refractivity contribution < 1.29 is 9.59 Å². The summed E-state index contributed by atoms with van der Waals surface area (Å²) in [4.78, 5) is 23.9. The van der Waals surface area contributed by atoms with Gasteiger partial charge in [-0.15, -0.1) is 0 Å². The molecule has 21 heavy (non-hydrogen) atoms.